The zero-order valence-corrected chi connectivity index (χ0v) is 15.4. The van der Waals surface area contributed by atoms with Gasteiger partial charge in [-0.05, 0) is 25.0 Å². The lowest BCUT2D eigenvalue weighted by Gasteiger charge is -2.32. The third-order valence-corrected chi connectivity index (χ3v) is 4.65. The number of ether oxygens (including phenoxy) is 3. The summed E-state index contributed by atoms with van der Waals surface area (Å²) in [6.07, 6.45) is 1.95. The Morgan fingerprint density at radius 2 is 1.67 bits per heavy atom. The number of hydrogen-bond acceptors (Lipinski definition) is 7. The van der Waals surface area contributed by atoms with Crippen LogP contribution >= 0.6 is 0 Å². The predicted molar refractivity (Wildman–Crippen MR) is 95.9 cm³/mol. The largest absolute Gasteiger partial charge is 0.466 e. The molecule has 1 fully saturated rings. The van der Waals surface area contributed by atoms with E-state index in [1.54, 1.807) is 29.2 Å². The molecule has 0 atom stereocenters. The van der Waals surface area contributed by atoms with Crippen molar-refractivity contribution in [2.24, 2.45) is 0 Å². The van der Waals surface area contributed by atoms with Gasteiger partial charge >= 0.3 is 11.9 Å². The van der Waals surface area contributed by atoms with E-state index in [0.29, 0.717) is 24.3 Å². The van der Waals surface area contributed by atoms with E-state index in [1.165, 1.54) is 19.1 Å². The van der Waals surface area contributed by atoms with Crippen molar-refractivity contribution < 1.29 is 28.6 Å². The van der Waals surface area contributed by atoms with Crippen LogP contribution in [0.15, 0.2) is 35.5 Å². The third-order valence-electron chi connectivity index (χ3n) is 4.65. The highest BCUT2D eigenvalue weighted by atomic mass is 16.5. The van der Waals surface area contributed by atoms with Crippen LogP contribution in [0.2, 0.25) is 0 Å². The van der Waals surface area contributed by atoms with Gasteiger partial charge in [0, 0.05) is 13.1 Å². The molecular weight excluding hydrogens is 352 g/mol. The van der Waals surface area contributed by atoms with Gasteiger partial charge in [0.05, 0.1) is 37.7 Å². The molecule has 0 radical (unpaired) electrons. The van der Waals surface area contributed by atoms with Crippen molar-refractivity contribution in [2.45, 2.75) is 12.8 Å². The quantitative estimate of drug-likeness (QED) is 0.735. The zero-order valence-electron chi connectivity index (χ0n) is 15.4. The van der Waals surface area contributed by atoms with Crippen LogP contribution in [0.25, 0.3) is 0 Å². The van der Waals surface area contributed by atoms with Gasteiger partial charge in [-0.3, -0.25) is 4.79 Å². The Morgan fingerprint density at radius 1 is 1.00 bits per heavy atom. The summed E-state index contributed by atoms with van der Waals surface area (Å²) in [6.45, 7) is 1.35. The number of likely N-dealkylation sites (tertiary alicyclic amines) is 1. The third kappa shape index (κ3) is 3.66. The maximum atomic E-state index is 13.0. The summed E-state index contributed by atoms with van der Waals surface area (Å²) >= 11 is 0. The lowest BCUT2D eigenvalue weighted by Crippen LogP contribution is -2.40. The van der Waals surface area contributed by atoms with Gasteiger partial charge in [-0.2, -0.15) is 0 Å². The fourth-order valence-electron chi connectivity index (χ4n) is 3.31. The van der Waals surface area contributed by atoms with Crippen molar-refractivity contribution in [3.05, 3.63) is 41.1 Å². The second kappa shape index (κ2) is 8.22. The van der Waals surface area contributed by atoms with Gasteiger partial charge in [-0.15, -0.1) is 0 Å². The summed E-state index contributed by atoms with van der Waals surface area (Å²) in [5.41, 5.74) is 1.00. The summed E-state index contributed by atoms with van der Waals surface area (Å²) in [7, 11) is 2.47. The Hall–Kier alpha value is -2.87. The number of carbonyl (C=O) groups excluding carboxylic acids is 3. The van der Waals surface area contributed by atoms with Crippen molar-refractivity contribution in [3.63, 3.8) is 0 Å². The molecule has 1 saturated heterocycles. The molecule has 2 heterocycles. The van der Waals surface area contributed by atoms with Crippen molar-refractivity contribution in [1.29, 1.82) is 0 Å². The summed E-state index contributed by atoms with van der Waals surface area (Å²) in [4.78, 5) is 40.8. The van der Waals surface area contributed by atoms with Crippen LogP contribution in [0.5, 0.6) is 0 Å². The van der Waals surface area contributed by atoms with Crippen LogP contribution in [0, 0.1) is 0 Å². The van der Waals surface area contributed by atoms with Gasteiger partial charge in [0.2, 0.25) is 0 Å². The molecule has 1 amide bonds. The van der Waals surface area contributed by atoms with E-state index in [-0.39, 0.29) is 30.5 Å². The normalized spacial score (nSPS) is 17.1. The average Bonchev–Trinajstić information content (AvgIpc) is 3.26. The molecule has 0 bridgehead atoms. The Bertz CT molecular complexity index is 782. The van der Waals surface area contributed by atoms with Gasteiger partial charge < -0.3 is 24.0 Å². The van der Waals surface area contributed by atoms with Crippen LogP contribution in [-0.4, -0.2) is 63.4 Å². The average molecular weight is 374 g/mol. The van der Waals surface area contributed by atoms with Crippen molar-refractivity contribution in [3.8, 4) is 0 Å². The molecule has 1 aromatic rings. The summed E-state index contributed by atoms with van der Waals surface area (Å²) < 4.78 is 15.1. The fourth-order valence-corrected chi connectivity index (χ4v) is 3.31. The SMILES string of the molecule is COC(=O)C1=C(C(=O)OC)N(c2ccccc2C(=O)N2CCCC2)COC1. The van der Waals surface area contributed by atoms with Crippen LogP contribution in [0.4, 0.5) is 5.69 Å². The molecule has 2 aliphatic heterocycles. The standard InChI is InChI=1S/C19H22N2O6/c1-25-18(23)14-11-27-12-21(16(14)19(24)26-2)15-8-4-3-7-13(15)17(22)20-9-5-6-10-20/h3-4,7-8H,5-6,9-12H2,1-2H3. The number of carbonyl (C=O) groups is 3. The van der Waals surface area contributed by atoms with Gasteiger partial charge in [0.1, 0.15) is 12.4 Å². The molecule has 0 aliphatic carbocycles. The monoisotopic (exact) mass is 374 g/mol. The Kier molecular flexibility index (Phi) is 5.75. The minimum atomic E-state index is -0.692. The number of nitrogens with zero attached hydrogens (tertiary/aromatic N) is 2. The number of methoxy groups -OCH3 is 2. The molecule has 3 rings (SSSR count). The van der Waals surface area contributed by atoms with E-state index < -0.39 is 11.9 Å². The first kappa shape index (κ1) is 18.9. The minimum Gasteiger partial charge on any atom is -0.466 e. The maximum absolute atomic E-state index is 13.0. The lowest BCUT2D eigenvalue weighted by molar-refractivity contribution is -0.140. The number of hydrogen-bond donors (Lipinski definition) is 0. The molecular formula is C19H22N2O6. The fraction of sp³-hybridized carbons (Fsp3) is 0.421. The van der Waals surface area contributed by atoms with E-state index in [2.05, 4.69) is 0 Å². The summed E-state index contributed by atoms with van der Waals surface area (Å²) in [6, 6.07) is 6.95. The second-order valence-corrected chi connectivity index (χ2v) is 6.23. The van der Waals surface area contributed by atoms with Gasteiger partial charge in [0.25, 0.3) is 5.91 Å². The van der Waals surface area contributed by atoms with Crippen LogP contribution < -0.4 is 4.90 Å². The smallest absolute Gasteiger partial charge is 0.355 e. The highest BCUT2D eigenvalue weighted by Crippen LogP contribution is 2.30. The predicted octanol–water partition coefficient (Wildman–Crippen LogP) is 1.32. The van der Waals surface area contributed by atoms with E-state index in [4.69, 9.17) is 14.2 Å². The number of amides is 1. The molecule has 0 N–H and O–H groups in total. The van der Waals surface area contributed by atoms with E-state index in [1.807, 2.05) is 0 Å². The van der Waals surface area contributed by atoms with Crippen molar-refractivity contribution in [2.75, 3.05) is 45.5 Å². The van der Waals surface area contributed by atoms with Gasteiger partial charge in [-0.25, -0.2) is 9.59 Å². The highest BCUT2D eigenvalue weighted by molar-refractivity contribution is 6.06. The number of esters is 2. The molecule has 1 aromatic carbocycles. The molecule has 2 aliphatic rings. The van der Waals surface area contributed by atoms with E-state index in [0.717, 1.165) is 12.8 Å². The van der Waals surface area contributed by atoms with Crippen LogP contribution in [-0.2, 0) is 23.8 Å². The first-order chi connectivity index (χ1) is 13.1. The molecule has 0 unspecified atom stereocenters. The first-order valence-corrected chi connectivity index (χ1v) is 8.71. The number of benzene rings is 1. The Morgan fingerprint density at radius 3 is 2.33 bits per heavy atom. The highest BCUT2D eigenvalue weighted by Gasteiger charge is 2.34. The molecule has 8 nitrogen and oxygen atoms in total. The molecule has 0 aromatic heterocycles. The molecule has 27 heavy (non-hydrogen) atoms. The summed E-state index contributed by atoms with van der Waals surface area (Å²) in [5.74, 6) is -1.48. The number of anilines is 1. The van der Waals surface area contributed by atoms with Crippen LogP contribution in [0.1, 0.15) is 23.2 Å². The Balaban J connectivity index is 2.07. The van der Waals surface area contributed by atoms with E-state index in [9.17, 15) is 14.4 Å². The first-order valence-electron chi connectivity index (χ1n) is 8.71. The number of rotatable bonds is 4. The Labute approximate surface area is 157 Å². The van der Waals surface area contributed by atoms with E-state index >= 15 is 0 Å². The number of para-hydroxylation sites is 1. The lowest BCUT2D eigenvalue weighted by atomic mass is 10.1. The summed E-state index contributed by atoms with van der Waals surface area (Å²) in [5, 5.41) is 0. The molecule has 144 valence electrons. The molecule has 0 saturated carbocycles. The second-order valence-electron chi connectivity index (χ2n) is 6.23. The van der Waals surface area contributed by atoms with Gasteiger partial charge in [0.15, 0.2) is 0 Å². The van der Waals surface area contributed by atoms with Crippen molar-refractivity contribution >= 4 is 23.5 Å². The van der Waals surface area contributed by atoms with Crippen LogP contribution in [0.3, 0.4) is 0 Å². The molecule has 0 spiro atoms. The zero-order chi connectivity index (χ0) is 19.4. The topological polar surface area (TPSA) is 85.4 Å². The molecule has 8 heteroatoms. The minimum absolute atomic E-state index is 0.00915. The van der Waals surface area contributed by atoms with Gasteiger partial charge in [-0.1, -0.05) is 12.1 Å². The van der Waals surface area contributed by atoms with Crippen molar-refractivity contribution in [1.82, 2.24) is 4.90 Å². The maximum Gasteiger partial charge on any atom is 0.355 e.